The van der Waals surface area contributed by atoms with E-state index in [1.165, 1.54) is 23.3 Å². The van der Waals surface area contributed by atoms with Gasteiger partial charge in [-0.2, -0.15) is 0 Å². The predicted octanol–water partition coefficient (Wildman–Crippen LogP) is 2.67. The third kappa shape index (κ3) is 1.52. The third-order valence-electron chi connectivity index (χ3n) is 2.54. The van der Waals surface area contributed by atoms with Gasteiger partial charge in [0.2, 0.25) is 0 Å². The number of hydrogen-bond acceptors (Lipinski definition) is 3. The van der Waals surface area contributed by atoms with Gasteiger partial charge in [-0.05, 0) is 35.8 Å². The second kappa shape index (κ2) is 3.08. The Morgan fingerprint density at radius 1 is 1.23 bits per heavy atom. The largest absolute Gasteiger partial charge is 0.345 e. The second-order valence-corrected chi connectivity index (χ2v) is 4.57. The van der Waals surface area contributed by atoms with Crippen molar-refractivity contribution in [2.45, 2.75) is 25.0 Å². The number of ether oxygens (including phenoxy) is 2. The van der Waals surface area contributed by atoms with Crippen LogP contribution in [0.3, 0.4) is 0 Å². The van der Waals surface area contributed by atoms with E-state index in [1.54, 1.807) is 11.3 Å². The van der Waals surface area contributed by atoms with Gasteiger partial charge in [-0.3, -0.25) is 0 Å². The Bertz CT molecular complexity index is 298. The van der Waals surface area contributed by atoms with Crippen molar-refractivity contribution in [1.29, 1.82) is 0 Å². The molecule has 13 heavy (non-hydrogen) atoms. The van der Waals surface area contributed by atoms with Gasteiger partial charge in [0, 0.05) is 0 Å². The van der Waals surface area contributed by atoms with Crippen molar-refractivity contribution in [3.8, 4) is 0 Å². The molecule has 0 aromatic carbocycles. The zero-order valence-electron chi connectivity index (χ0n) is 7.36. The van der Waals surface area contributed by atoms with Gasteiger partial charge < -0.3 is 9.47 Å². The van der Waals surface area contributed by atoms with Crippen LogP contribution in [0.2, 0.25) is 0 Å². The van der Waals surface area contributed by atoms with Gasteiger partial charge in [-0.25, -0.2) is 0 Å². The molecule has 2 nitrogen and oxygen atoms in total. The standard InChI is InChI=1S/C10H12O2S/c1-2-7(1)8-5-9(13-6-8)10-11-3-4-12-10/h5-7,10H,1-4H2. The Morgan fingerprint density at radius 2 is 2.00 bits per heavy atom. The maximum atomic E-state index is 5.44. The zero-order chi connectivity index (χ0) is 8.67. The van der Waals surface area contributed by atoms with Gasteiger partial charge in [0.05, 0.1) is 18.1 Å². The lowest BCUT2D eigenvalue weighted by atomic mass is 10.2. The Labute approximate surface area is 81.5 Å². The molecule has 1 aromatic rings. The van der Waals surface area contributed by atoms with E-state index in [0.29, 0.717) is 0 Å². The molecule has 1 saturated carbocycles. The Balaban J connectivity index is 1.79. The van der Waals surface area contributed by atoms with Crippen molar-refractivity contribution < 1.29 is 9.47 Å². The molecule has 0 N–H and O–H groups in total. The first kappa shape index (κ1) is 7.97. The van der Waals surface area contributed by atoms with Gasteiger partial charge in [-0.15, -0.1) is 11.3 Å². The average molecular weight is 196 g/mol. The quantitative estimate of drug-likeness (QED) is 0.724. The summed E-state index contributed by atoms with van der Waals surface area (Å²) in [5.41, 5.74) is 1.49. The number of rotatable bonds is 2. The van der Waals surface area contributed by atoms with E-state index in [0.717, 1.165) is 19.1 Å². The smallest absolute Gasteiger partial charge is 0.193 e. The van der Waals surface area contributed by atoms with Crippen LogP contribution < -0.4 is 0 Å². The maximum Gasteiger partial charge on any atom is 0.193 e. The summed E-state index contributed by atoms with van der Waals surface area (Å²) in [6.45, 7) is 1.47. The van der Waals surface area contributed by atoms with E-state index < -0.39 is 0 Å². The van der Waals surface area contributed by atoms with Crippen molar-refractivity contribution in [3.63, 3.8) is 0 Å². The van der Waals surface area contributed by atoms with Crippen molar-refractivity contribution in [3.05, 3.63) is 21.9 Å². The van der Waals surface area contributed by atoms with Crippen LogP contribution >= 0.6 is 11.3 Å². The van der Waals surface area contributed by atoms with Crippen LogP contribution in [0.25, 0.3) is 0 Å². The minimum atomic E-state index is -0.0718. The van der Waals surface area contributed by atoms with Crippen LogP contribution in [0.5, 0.6) is 0 Å². The fourth-order valence-corrected chi connectivity index (χ4v) is 2.63. The van der Waals surface area contributed by atoms with Crippen LogP contribution in [-0.4, -0.2) is 13.2 Å². The normalized spacial score (nSPS) is 24.0. The Hall–Kier alpha value is -0.380. The molecule has 0 bridgehead atoms. The summed E-state index contributed by atoms with van der Waals surface area (Å²) in [7, 11) is 0. The third-order valence-corrected chi connectivity index (χ3v) is 3.52. The fourth-order valence-electron chi connectivity index (χ4n) is 1.65. The Kier molecular flexibility index (Phi) is 1.89. The van der Waals surface area contributed by atoms with Crippen molar-refractivity contribution in [1.82, 2.24) is 0 Å². The van der Waals surface area contributed by atoms with Crippen LogP contribution in [0.15, 0.2) is 11.4 Å². The van der Waals surface area contributed by atoms with Gasteiger partial charge in [0.15, 0.2) is 6.29 Å². The predicted molar refractivity (Wildman–Crippen MR) is 50.9 cm³/mol. The van der Waals surface area contributed by atoms with Gasteiger partial charge in [-0.1, -0.05) is 0 Å². The summed E-state index contributed by atoms with van der Waals surface area (Å²) in [5, 5.41) is 2.25. The SMILES string of the molecule is c1sc(C2OCCO2)cc1C1CC1. The molecular weight excluding hydrogens is 184 g/mol. The maximum absolute atomic E-state index is 5.44. The molecule has 0 amide bonds. The van der Waals surface area contributed by atoms with E-state index in [-0.39, 0.29) is 6.29 Å². The molecule has 0 spiro atoms. The topological polar surface area (TPSA) is 18.5 Å². The highest BCUT2D eigenvalue weighted by atomic mass is 32.1. The Morgan fingerprint density at radius 3 is 2.69 bits per heavy atom. The van der Waals surface area contributed by atoms with Crippen LogP contribution in [-0.2, 0) is 9.47 Å². The molecule has 1 saturated heterocycles. The van der Waals surface area contributed by atoms with Gasteiger partial charge in [0.25, 0.3) is 0 Å². The number of hydrogen-bond donors (Lipinski definition) is 0. The molecular formula is C10H12O2S. The van der Waals surface area contributed by atoms with Crippen molar-refractivity contribution in [2.24, 2.45) is 0 Å². The molecule has 0 atom stereocenters. The molecule has 1 aliphatic heterocycles. The summed E-state index contributed by atoms with van der Waals surface area (Å²) >= 11 is 1.77. The van der Waals surface area contributed by atoms with E-state index in [2.05, 4.69) is 11.4 Å². The molecule has 0 radical (unpaired) electrons. The first-order valence-corrected chi connectivity index (χ1v) is 5.63. The van der Waals surface area contributed by atoms with Crippen LogP contribution in [0.4, 0.5) is 0 Å². The molecule has 2 heterocycles. The van der Waals surface area contributed by atoms with Crippen molar-refractivity contribution in [2.75, 3.05) is 13.2 Å². The summed E-state index contributed by atoms with van der Waals surface area (Å²) < 4.78 is 10.9. The summed E-state index contributed by atoms with van der Waals surface area (Å²) in [5.74, 6) is 0.839. The fraction of sp³-hybridized carbons (Fsp3) is 0.600. The van der Waals surface area contributed by atoms with E-state index in [9.17, 15) is 0 Å². The highest BCUT2D eigenvalue weighted by molar-refractivity contribution is 7.10. The summed E-state index contributed by atoms with van der Waals surface area (Å²) in [4.78, 5) is 1.24. The molecule has 0 unspecified atom stereocenters. The minimum Gasteiger partial charge on any atom is -0.345 e. The lowest BCUT2D eigenvalue weighted by molar-refractivity contribution is -0.0413. The van der Waals surface area contributed by atoms with Gasteiger partial charge in [0.1, 0.15) is 0 Å². The van der Waals surface area contributed by atoms with Crippen molar-refractivity contribution >= 4 is 11.3 Å². The molecule has 1 aliphatic carbocycles. The first-order valence-electron chi connectivity index (χ1n) is 4.75. The summed E-state index contributed by atoms with van der Waals surface area (Å²) in [6, 6.07) is 2.25. The highest BCUT2D eigenvalue weighted by Crippen LogP contribution is 2.43. The molecule has 1 aromatic heterocycles. The molecule has 2 fully saturated rings. The first-order chi connectivity index (χ1) is 6.43. The average Bonchev–Trinajstić information content (AvgIpc) is 2.72. The zero-order valence-corrected chi connectivity index (χ0v) is 8.18. The lowest BCUT2D eigenvalue weighted by Gasteiger charge is -2.04. The molecule has 2 aliphatic rings. The molecule has 70 valence electrons. The monoisotopic (exact) mass is 196 g/mol. The molecule has 3 rings (SSSR count). The summed E-state index contributed by atoms with van der Waals surface area (Å²) in [6.07, 6.45) is 2.66. The highest BCUT2D eigenvalue weighted by Gasteiger charge is 2.27. The second-order valence-electron chi connectivity index (χ2n) is 3.63. The van der Waals surface area contributed by atoms with E-state index in [1.807, 2.05) is 0 Å². The van der Waals surface area contributed by atoms with Crippen LogP contribution in [0.1, 0.15) is 35.5 Å². The van der Waals surface area contributed by atoms with Gasteiger partial charge >= 0.3 is 0 Å². The molecule has 3 heteroatoms. The minimum absolute atomic E-state index is 0.0718. The van der Waals surface area contributed by atoms with E-state index >= 15 is 0 Å². The number of thiophene rings is 1. The van der Waals surface area contributed by atoms with Crippen LogP contribution in [0, 0.1) is 0 Å². The van der Waals surface area contributed by atoms with E-state index in [4.69, 9.17) is 9.47 Å². The lowest BCUT2D eigenvalue weighted by Crippen LogP contribution is -1.93.